The SMILES string of the molecule is Cc1ccn(CCC(=O)Nc2nn(Cc3ccc(Cl)c(Cl)c3)cc2Cl)n1. The second-order valence-electron chi connectivity index (χ2n) is 5.79. The summed E-state index contributed by atoms with van der Waals surface area (Å²) < 4.78 is 3.35. The van der Waals surface area contributed by atoms with E-state index >= 15 is 0 Å². The molecule has 1 amide bonds. The van der Waals surface area contributed by atoms with Gasteiger partial charge in [-0.25, -0.2) is 0 Å². The summed E-state index contributed by atoms with van der Waals surface area (Å²) in [6.45, 7) is 2.84. The summed E-state index contributed by atoms with van der Waals surface area (Å²) >= 11 is 18.1. The van der Waals surface area contributed by atoms with Crippen LogP contribution in [0.3, 0.4) is 0 Å². The number of rotatable bonds is 6. The number of halogens is 3. The first-order valence-electron chi connectivity index (χ1n) is 7.87. The van der Waals surface area contributed by atoms with Crippen LogP contribution >= 0.6 is 34.8 Å². The fraction of sp³-hybridized carbons (Fsp3) is 0.235. The minimum atomic E-state index is -0.181. The lowest BCUT2D eigenvalue weighted by Gasteiger charge is -2.04. The van der Waals surface area contributed by atoms with E-state index in [4.69, 9.17) is 34.8 Å². The molecule has 0 atom stereocenters. The van der Waals surface area contributed by atoms with Crippen LogP contribution in [0, 0.1) is 6.92 Å². The van der Waals surface area contributed by atoms with Gasteiger partial charge < -0.3 is 5.32 Å². The number of nitrogens with one attached hydrogen (secondary N) is 1. The van der Waals surface area contributed by atoms with Crippen molar-refractivity contribution in [1.82, 2.24) is 19.6 Å². The molecule has 1 aromatic carbocycles. The monoisotopic (exact) mass is 411 g/mol. The molecule has 3 rings (SSSR count). The fourth-order valence-electron chi connectivity index (χ4n) is 2.39. The smallest absolute Gasteiger partial charge is 0.227 e. The Morgan fingerprint density at radius 2 is 1.88 bits per heavy atom. The minimum Gasteiger partial charge on any atom is -0.308 e. The summed E-state index contributed by atoms with van der Waals surface area (Å²) in [5.41, 5.74) is 1.83. The lowest BCUT2D eigenvalue weighted by Crippen LogP contribution is -2.15. The van der Waals surface area contributed by atoms with Crippen LogP contribution in [0.5, 0.6) is 0 Å². The van der Waals surface area contributed by atoms with Crippen LogP contribution in [-0.4, -0.2) is 25.5 Å². The molecule has 0 aliphatic rings. The third-order valence-corrected chi connectivity index (χ3v) is 4.66. The number of carbonyl (C=O) groups is 1. The van der Waals surface area contributed by atoms with E-state index < -0.39 is 0 Å². The van der Waals surface area contributed by atoms with Gasteiger partial charge in [0.1, 0.15) is 5.02 Å². The number of hydrogen-bond acceptors (Lipinski definition) is 3. The van der Waals surface area contributed by atoms with E-state index in [1.54, 1.807) is 27.7 Å². The average Bonchev–Trinajstić information content (AvgIpc) is 3.15. The van der Waals surface area contributed by atoms with E-state index in [2.05, 4.69) is 15.5 Å². The highest BCUT2D eigenvalue weighted by Crippen LogP contribution is 2.24. The lowest BCUT2D eigenvalue weighted by molar-refractivity contribution is -0.116. The van der Waals surface area contributed by atoms with Crippen molar-refractivity contribution in [2.45, 2.75) is 26.4 Å². The molecule has 0 aliphatic heterocycles. The normalized spacial score (nSPS) is 10.9. The van der Waals surface area contributed by atoms with Crippen LogP contribution in [0.4, 0.5) is 5.82 Å². The third kappa shape index (κ3) is 4.78. The Labute approximate surface area is 165 Å². The second kappa shape index (κ2) is 8.12. The summed E-state index contributed by atoms with van der Waals surface area (Å²) in [7, 11) is 0. The van der Waals surface area contributed by atoms with Crippen molar-refractivity contribution in [3.05, 3.63) is 63.0 Å². The third-order valence-electron chi connectivity index (χ3n) is 3.65. The number of aryl methyl sites for hydroxylation is 2. The molecule has 1 N–H and O–H groups in total. The number of anilines is 1. The van der Waals surface area contributed by atoms with Gasteiger partial charge in [0.05, 0.1) is 22.3 Å². The van der Waals surface area contributed by atoms with Crippen molar-refractivity contribution >= 4 is 46.5 Å². The van der Waals surface area contributed by atoms with Gasteiger partial charge in [0.25, 0.3) is 0 Å². The Morgan fingerprint density at radius 1 is 1.08 bits per heavy atom. The summed E-state index contributed by atoms with van der Waals surface area (Å²) in [6.07, 6.45) is 3.76. The molecule has 0 fully saturated rings. The maximum Gasteiger partial charge on any atom is 0.227 e. The zero-order valence-corrected chi connectivity index (χ0v) is 16.2. The Balaban J connectivity index is 1.60. The molecular weight excluding hydrogens is 397 g/mol. The molecule has 0 spiro atoms. The first-order valence-corrected chi connectivity index (χ1v) is 9.01. The van der Waals surface area contributed by atoms with Gasteiger partial charge in [-0.3, -0.25) is 14.2 Å². The molecular formula is C17H16Cl3N5O. The Bertz CT molecular complexity index is 934. The predicted molar refractivity (Wildman–Crippen MR) is 103 cm³/mol. The topological polar surface area (TPSA) is 64.7 Å². The molecule has 0 aliphatic carbocycles. The van der Waals surface area contributed by atoms with Gasteiger partial charge in [-0.2, -0.15) is 10.2 Å². The van der Waals surface area contributed by atoms with E-state index in [0.717, 1.165) is 11.3 Å². The van der Waals surface area contributed by atoms with Gasteiger partial charge in [0.15, 0.2) is 5.82 Å². The number of carbonyl (C=O) groups excluding carboxylic acids is 1. The van der Waals surface area contributed by atoms with Gasteiger partial charge >= 0.3 is 0 Å². The second-order valence-corrected chi connectivity index (χ2v) is 7.01. The molecule has 2 aromatic heterocycles. The largest absolute Gasteiger partial charge is 0.308 e. The van der Waals surface area contributed by atoms with Crippen molar-refractivity contribution in [2.75, 3.05) is 5.32 Å². The quantitative estimate of drug-likeness (QED) is 0.651. The standard InChI is InChI=1S/C17H16Cl3N5O/c1-11-4-6-24(22-11)7-5-16(26)21-17-15(20)10-25(23-17)9-12-2-3-13(18)14(19)8-12/h2-4,6,8,10H,5,7,9H2,1H3,(H,21,23,26). The number of aromatic nitrogens is 4. The van der Waals surface area contributed by atoms with Crippen molar-refractivity contribution in [2.24, 2.45) is 0 Å². The first-order chi connectivity index (χ1) is 12.4. The van der Waals surface area contributed by atoms with E-state index in [9.17, 15) is 4.79 Å². The van der Waals surface area contributed by atoms with Crippen LogP contribution in [0.1, 0.15) is 17.7 Å². The van der Waals surface area contributed by atoms with Gasteiger partial charge in [-0.1, -0.05) is 40.9 Å². The maximum absolute atomic E-state index is 12.1. The van der Waals surface area contributed by atoms with Crippen LogP contribution in [0.2, 0.25) is 15.1 Å². The fourth-order valence-corrected chi connectivity index (χ4v) is 2.90. The minimum absolute atomic E-state index is 0.181. The summed E-state index contributed by atoms with van der Waals surface area (Å²) in [5, 5.41) is 12.6. The molecule has 0 bridgehead atoms. The molecule has 0 saturated heterocycles. The molecule has 0 unspecified atom stereocenters. The molecule has 0 saturated carbocycles. The molecule has 0 radical (unpaired) electrons. The first kappa shape index (κ1) is 18.8. The molecule has 3 aromatic rings. The van der Waals surface area contributed by atoms with Crippen molar-refractivity contribution in [3.8, 4) is 0 Å². The Kier molecular flexibility index (Phi) is 5.86. The molecule has 26 heavy (non-hydrogen) atoms. The van der Waals surface area contributed by atoms with E-state index in [-0.39, 0.29) is 12.3 Å². The number of amides is 1. The van der Waals surface area contributed by atoms with Gasteiger partial charge in [0, 0.05) is 25.4 Å². The van der Waals surface area contributed by atoms with Crippen molar-refractivity contribution < 1.29 is 4.79 Å². The Hall–Kier alpha value is -2.02. The molecule has 6 nitrogen and oxygen atoms in total. The highest BCUT2D eigenvalue weighted by molar-refractivity contribution is 6.42. The van der Waals surface area contributed by atoms with E-state index in [1.165, 1.54) is 0 Å². The van der Waals surface area contributed by atoms with Crippen LogP contribution in [0.25, 0.3) is 0 Å². The molecule has 136 valence electrons. The Morgan fingerprint density at radius 3 is 2.58 bits per heavy atom. The van der Waals surface area contributed by atoms with Crippen LogP contribution in [0.15, 0.2) is 36.7 Å². The highest BCUT2D eigenvalue weighted by Gasteiger charge is 2.12. The number of hydrogen-bond donors (Lipinski definition) is 1. The average molecular weight is 413 g/mol. The van der Waals surface area contributed by atoms with E-state index in [1.807, 2.05) is 25.3 Å². The molecule has 9 heteroatoms. The number of benzene rings is 1. The zero-order valence-electron chi connectivity index (χ0n) is 13.9. The van der Waals surface area contributed by atoms with Gasteiger partial charge in [0.2, 0.25) is 5.91 Å². The maximum atomic E-state index is 12.1. The zero-order chi connectivity index (χ0) is 18.7. The van der Waals surface area contributed by atoms with Crippen molar-refractivity contribution in [1.29, 1.82) is 0 Å². The highest BCUT2D eigenvalue weighted by atomic mass is 35.5. The van der Waals surface area contributed by atoms with Crippen molar-refractivity contribution in [3.63, 3.8) is 0 Å². The van der Waals surface area contributed by atoms with Gasteiger partial charge in [-0.15, -0.1) is 0 Å². The van der Waals surface area contributed by atoms with E-state index in [0.29, 0.717) is 34.0 Å². The summed E-state index contributed by atoms with van der Waals surface area (Å²) in [6, 6.07) is 7.24. The van der Waals surface area contributed by atoms with Crippen LogP contribution < -0.4 is 5.32 Å². The lowest BCUT2D eigenvalue weighted by atomic mass is 10.2. The molecule has 2 heterocycles. The summed E-state index contributed by atoms with van der Waals surface area (Å²) in [4.78, 5) is 12.1. The van der Waals surface area contributed by atoms with Gasteiger partial charge in [-0.05, 0) is 30.7 Å². The predicted octanol–water partition coefficient (Wildman–Crippen LogP) is 4.43. The summed E-state index contributed by atoms with van der Waals surface area (Å²) in [5.74, 6) is 0.146. The van der Waals surface area contributed by atoms with Crippen LogP contribution in [-0.2, 0) is 17.9 Å². The number of nitrogens with zero attached hydrogens (tertiary/aromatic N) is 4.